The lowest BCUT2D eigenvalue weighted by Gasteiger charge is -2.28. The lowest BCUT2D eigenvalue weighted by molar-refractivity contribution is -0.116. The molecule has 0 aromatic heterocycles. The van der Waals surface area contributed by atoms with Gasteiger partial charge in [0.15, 0.2) is 0 Å². The fraction of sp³-hybridized carbons (Fsp3) is 0.333. The average Bonchev–Trinajstić information content (AvgIpc) is 2.73. The molecule has 0 atom stereocenters. The Hall–Kier alpha value is -2.72. The Morgan fingerprint density at radius 1 is 1.06 bits per heavy atom. The minimum Gasteiger partial charge on any atom is -0.378 e. The van der Waals surface area contributed by atoms with Gasteiger partial charge in [0.25, 0.3) is 5.91 Å². The molecule has 10 heteroatoms. The Kier molecular flexibility index (Phi) is 7.45. The van der Waals surface area contributed by atoms with Crippen molar-refractivity contribution in [3.8, 4) is 0 Å². The van der Waals surface area contributed by atoms with Crippen molar-refractivity contribution >= 4 is 35.0 Å². The van der Waals surface area contributed by atoms with Gasteiger partial charge in [-0.3, -0.25) is 9.59 Å². The number of carbonyl (C=O) groups is 2. The molecule has 1 saturated heterocycles. The van der Waals surface area contributed by atoms with Crippen molar-refractivity contribution in [2.75, 3.05) is 50.1 Å². The van der Waals surface area contributed by atoms with E-state index in [4.69, 9.17) is 4.74 Å². The van der Waals surface area contributed by atoms with E-state index < -0.39 is 11.4 Å². The smallest absolute Gasteiger partial charge is 0.378 e. The summed E-state index contributed by atoms with van der Waals surface area (Å²) < 4.78 is 42.5. The Morgan fingerprint density at radius 3 is 2.26 bits per heavy atom. The molecule has 3 rings (SSSR count). The van der Waals surface area contributed by atoms with Crippen molar-refractivity contribution in [2.24, 2.45) is 0 Å². The Labute approximate surface area is 182 Å². The molecular formula is C21H22F3N3O3S. The van der Waals surface area contributed by atoms with Crippen molar-refractivity contribution in [2.45, 2.75) is 10.4 Å². The molecule has 0 bridgehead atoms. The van der Waals surface area contributed by atoms with Crippen molar-refractivity contribution < 1.29 is 27.5 Å². The van der Waals surface area contributed by atoms with E-state index in [2.05, 4.69) is 10.2 Å². The van der Waals surface area contributed by atoms with Gasteiger partial charge in [0.1, 0.15) is 0 Å². The number of anilines is 2. The molecule has 2 amide bonds. The molecule has 166 valence electrons. The Morgan fingerprint density at radius 2 is 1.68 bits per heavy atom. The molecule has 2 aromatic carbocycles. The molecule has 1 aliphatic heterocycles. The van der Waals surface area contributed by atoms with E-state index in [9.17, 15) is 22.8 Å². The molecule has 6 nitrogen and oxygen atoms in total. The highest BCUT2D eigenvalue weighted by Crippen LogP contribution is 2.36. The molecule has 31 heavy (non-hydrogen) atoms. The summed E-state index contributed by atoms with van der Waals surface area (Å²) in [5, 5.41) is 2.74. The summed E-state index contributed by atoms with van der Waals surface area (Å²) in [7, 11) is 1.46. The van der Waals surface area contributed by atoms with Crippen LogP contribution in [-0.4, -0.2) is 62.1 Å². The maximum absolute atomic E-state index is 12.5. The van der Waals surface area contributed by atoms with Gasteiger partial charge in [0.2, 0.25) is 5.91 Å². The van der Waals surface area contributed by atoms with E-state index in [0.29, 0.717) is 18.9 Å². The SMILES string of the molecule is CN(CC(=O)Nc1ccc(N2CCOCC2)cc1)C(=O)c1ccc(SC(F)(F)F)cc1. The molecule has 0 aliphatic carbocycles. The number of carbonyl (C=O) groups excluding carboxylic acids is 2. The van der Waals surface area contributed by atoms with Gasteiger partial charge in [-0.25, -0.2) is 0 Å². The van der Waals surface area contributed by atoms with E-state index in [1.54, 1.807) is 12.1 Å². The molecular weight excluding hydrogens is 431 g/mol. The van der Waals surface area contributed by atoms with E-state index in [1.165, 1.54) is 36.2 Å². The summed E-state index contributed by atoms with van der Waals surface area (Å²) in [6, 6.07) is 12.5. The van der Waals surface area contributed by atoms with Crippen LogP contribution >= 0.6 is 11.8 Å². The van der Waals surface area contributed by atoms with Crippen LogP contribution in [0.4, 0.5) is 24.5 Å². The minimum absolute atomic E-state index is 0.00929. The first-order chi connectivity index (χ1) is 14.7. The van der Waals surface area contributed by atoms with Crippen LogP contribution in [0.2, 0.25) is 0 Å². The number of nitrogens with one attached hydrogen (secondary N) is 1. The molecule has 2 aromatic rings. The number of hydrogen-bond donors (Lipinski definition) is 1. The second-order valence-corrected chi connectivity index (χ2v) is 8.07. The second-order valence-electron chi connectivity index (χ2n) is 6.93. The number of benzene rings is 2. The number of halogens is 3. The van der Waals surface area contributed by atoms with Crippen molar-refractivity contribution in [1.82, 2.24) is 4.90 Å². The van der Waals surface area contributed by atoms with Crippen LogP contribution in [0.3, 0.4) is 0 Å². The number of hydrogen-bond acceptors (Lipinski definition) is 5. The quantitative estimate of drug-likeness (QED) is 0.674. The number of alkyl halides is 3. The van der Waals surface area contributed by atoms with Crippen molar-refractivity contribution in [1.29, 1.82) is 0 Å². The highest BCUT2D eigenvalue weighted by atomic mass is 32.2. The predicted octanol–water partition coefficient (Wildman–Crippen LogP) is 3.85. The van der Waals surface area contributed by atoms with Gasteiger partial charge in [-0.2, -0.15) is 13.2 Å². The van der Waals surface area contributed by atoms with Crippen molar-refractivity contribution in [3.63, 3.8) is 0 Å². The first kappa shape index (κ1) is 23.0. The fourth-order valence-electron chi connectivity index (χ4n) is 3.08. The number of ether oxygens (including phenoxy) is 1. The molecule has 0 spiro atoms. The first-order valence-electron chi connectivity index (χ1n) is 9.55. The fourth-order valence-corrected chi connectivity index (χ4v) is 3.62. The van der Waals surface area contributed by atoms with Gasteiger partial charge >= 0.3 is 5.51 Å². The van der Waals surface area contributed by atoms with Crippen LogP contribution in [-0.2, 0) is 9.53 Å². The highest BCUT2D eigenvalue weighted by Gasteiger charge is 2.29. The topological polar surface area (TPSA) is 61.9 Å². The number of rotatable bonds is 6. The number of likely N-dealkylation sites (N-methyl/N-ethyl adjacent to an activating group) is 1. The van der Waals surface area contributed by atoms with E-state index in [1.807, 2.05) is 12.1 Å². The highest BCUT2D eigenvalue weighted by molar-refractivity contribution is 8.00. The lowest BCUT2D eigenvalue weighted by Crippen LogP contribution is -2.36. The standard InChI is InChI=1S/C21H22F3N3O3S/c1-26(20(29)15-2-8-18(9-3-15)31-21(22,23)24)14-19(28)25-16-4-6-17(7-5-16)27-10-12-30-13-11-27/h2-9H,10-14H2,1H3,(H,25,28). The van der Waals surface area contributed by atoms with Crippen LogP contribution in [0.1, 0.15) is 10.4 Å². The lowest BCUT2D eigenvalue weighted by atomic mass is 10.2. The van der Waals surface area contributed by atoms with Crippen molar-refractivity contribution in [3.05, 3.63) is 54.1 Å². The third-order valence-electron chi connectivity index (χ3n) is 4.59. The first-order valence-corrected chi connectivity index (χ1v) is 10.4. The van der Waals surface area contributed by atoms with Crippen LogP contribution in [0, 0.1) is 0 Å². The van der Waals surface area contributed by atoms with E-state index in [-0.39, 0.29) is 34.7 Å². The zero-order valence-corrected chi connectivity index (χ0v) is 17.6. The van der Waals surface area contributed by atoms with Gasteiger partial charge in [0, 0.05) is 42.0 Å². The number of thioether (sulfide) groups is 1. The summed E-state index contributed by atoms with van der Waals surface area (Å²) in [6.07, 6.45) is 0. The third-order valence-corrected chi connectivity index (χ3v) is 5.33. The molecule has 1 N–H and O–H groups in total. The van der Waals surface area contributed by atoms with Crippen LogP contribution in [0.15, 0.2) is 53.4 Å². The van der Waals surface area contributed by atoms with Gasteiger partial charge in [-0.1, -0.05) is 0 Å². The molecule has 1 heterocycles. The number of amides is 2. The normalized spacial score (nSPS) is 14.3. The summed E-state index contributed by atoms with van der Waals surface area (Å²) in [6.45, 7) is 2.80. The molecule has 1 aliphatic rings. The average molecular weight is 453 g/mol. The zero-order valence-electron chi connectivity index (χ0n) is 16.8. The molecule has 0 radical (unpaired) electrons. The number of nitrogens with zero attached hydrogens (tertiary/aromatic N) is 2. The van der Waals surface area contributed by atoms with Gasteiger partial charge in [0.05, 0.1) is 19.8 Å². The van der Waals surface area contributed by atoms with Gasteiger partial charge in [-0.15, -0.1) is 0 Å². The monoisotopic (exact) mass is 453 g/mol. The maximum Gasteiger partial charge on any atom is 0.446 e. The Balaban J connectivity index is 1.52. The predicted molar refractivity (Wildman–Crippen MR) is 113 cm³/mol. The summed E-state index contributed by atoms with van der Waals surface area (Å²) in [4.78, 5) is 28.1. The minimum atomic E-state index is -4.39. The molecule has 0 unspecified atom stereocenters. The molecule has 1 fully saturated rings. The summed E-state index contributed by atoms with van der Waals surface area (Å²) in [5.74, 6) is -0.833. The third kappa shape index (κ3) is 6.90. The largest absolute Gasteiger partial charge is 0.446 e. The van der Waals surface area contributed by atoms with Gasteiger partial charge in [-0.05, 0) is 60.3 Å². The molecule has 0 saturated carbocycles. The maximum atomic E-state index is 12.5. The van der Waals surface area contributed by atoms with Crippen LogP contribution in [0.25, 0.3) is 0 Å². The second kappa shape index (κ2) is 10.1. The van der Waals surface area contributed by atoms with E-state index >= 15 is 0 Å². The summed E-state index contributed by atoms with van der Waals surface area (Å²) in [5.41, 5.74) is -2.53. The van der Waals surface area contributed by atoms with Crippen LogP contribution in [0.5, 0.6) is 0 Å². The number of morpholine rings is 1. The van der Waals surface area contributed by atoms with E-state index in [0.717, 1.165) is 18.8 Å². The van der Waals surface area contributed by atoms with Gasteiger partial charge < -0.3 is 19.9 Å². The Bertz CT molecular complexity index is 899. The van der Waals surface area contributed by atoms with Crippen LogP contribution < -0.4 is 10.2 Å². The zero-order chi connectivity index (χ0) is 22.4. The summed E-state index contributed by atoms with van der Waals surface area (Å²) >= 11 is -0.247.